The molecule has 190 valence electrons. The van der Waals surface area contributed by atoms with Gasteiger partial charge in [0.25, 0.3) is 0 Å². The Labute approximate surface area is 216 Å². The third-order valence-electron chi connectivity index (χ3n) is 7.06. The van der Waals surface area contributed by atoms with Crippen LogP contribution in [-0.4, -0.2) is 45.0 Å². The number of alkyl halides is 1. The van der Waals surface area contributed by atoms with Crippen molar-refractivity contribution < 1.29 is 14.0 Å². The molecule has 6 nitrogen and oxygen atoms in total. The number of fused-ring (bicyclic) bond motifs is 1. The molecule has 1 aliphatic heterocycles. The molecule has 0 radical (unpaired) electrons. The number of halogens is 1. The molecule has 0 spiro atoms. The first-order valence-electron chi connectivity index (χ1n) is 12.7. The normalized spacial score (nSPS) is 18.3. The van der Waals surface area contributed by atoms with Gasteiger partial charge < -0.3 is 14.8 Å². The lowest BCUT2D eigenvalue weighted by atomic mass is 9.95. The van der Waals surface area contributed by atoms with Crippen LogP contribution in [0.25, 0.3) is 11.0 Å². The van der Waals surface area contributed by atoms with Gasteiger partial charge in [-0.2, -0.15) is 0 Å². The zero-order chi connectivity index (χ0) is 25.9. The van der Waals surface area contributed by atoms with Gasteiger partial charge in [0, 0.05) is 6.42 Å². The van der Waals surface area contributed by atoms with Crippen LogP contribution in [-0.2, 0) is 16.1 Å². The Hall–Kier alpha value is -4.00. The van der Waals surface area contributed by atoms with Crippen molar-refractivity contribution in [3.8, 4) is 0 Å². The van der Waals surface area contributed by atoms with Crippen molar-refractivity contribution in [1.82, 2.24) is 19.8 Å². The fourth-order valence-electron chi connectivity index (χ4n) is 5.00. The van der Waals surface area contributed by atoms with Crippen LogP contribution in [0.3, 0.4) is 0 Å². The Balaban J connectivity index is 1.37. The molecule has 0 unspecified atom stereocenters. The number of carbonyl (C=O) groups is 2. The first-order chi connectivity index (χ1) is 17.9. The quantitative estimate of drug-likeness (QED) is 0.390. The van der Waals surface area contributed by atoms with Crippen LogP contribution in [0.2, 0.25) is 0 Å². The van der Waals surface area contributed by atoms with E-state index < -0.39 is 18.3 Å². The Morgan fingerprint density at radius 1 is 0.946 bits per heavy atom. The third-order valence-corrected chi connectivity index (χ3v) is 7.06. The van der Waals surface area contributed by atoms with Gasteiger partial charge in [0.2, 0.25) is 11.8 Å². The first-order valence-corrected chi connectivity index (χ1v) is 12.7. The molecule has 1 saturated heterocycles. The predicted molar refractivity (Wildman–Crippen MR) is 142 cm³/mol. The van der Waals surface area contributed by atoms with Gasteiger partial charge >= 0.3 is 0 Å². The monoisotopic (exact) mass is 498 g/mol. The predicted octanol–water partition coefficient (Wildman–Crippen LogP) is 5.00. The summed E-state index contributed by atoms with van der Waals surface area (Å²) in [5.74, 6) is -0.266. The second kappa shape index (κ2) is 10.5. The lowest BCUT2D eigenvalue weighted by Crippen LogP contribution is -2.47. The standard InChI is InChI=1S/C30H31FN4O2/c1-20(2)21-12-14-23(15-13-21)29(22-8-4-3-5-9-22)33-30(37)27-16-24(31)17-35(27)28(36)18-34-19-32-25-10-6-7-11-26(25)34/h3-15,19-20,24,27,29H,16-18H2,1-2H3,(H,33,37)/t24-,27+,29+/m1/s1. The molecule has 0 aliphatic carbocycles. The van der Waals surface area contributed by atoms with Crippen LogP contribution in [0.5, 0.6) is 0 Å². The van der Waals surface area contributed by atoms with E-state index in [0.29, 0.717) is 5.92 Å². The number of nitrogens with zero attached hydrogens (tertiary/aromatic N) is 3. The van der Waals surface area contributed by atoms with Crippen molar-refractivity contribution in [2.45, 2.75) is 51.0 Å². The molecule has 0 saturated carbocycles. The molecule has 4 aromatic rings. The smallest absolute Gasteiger partial charge is 0.243 e. The Morgan fingerprint density at radius 2 is 1.59 bits per heavy atom. The van der Waals surface area contributed by atoms with Crippen LogP contribution >= 0.6 is 0 Å². The van der Waals surface area contributed by atoms with E-state index in [1.165, 1.54) is 10.5 Å². The summed E-state index contributed by atoms with van der Waals surface area (Å²) in [7, 11) is 0. The molecule has 37 heavy (non-hydrogen) atoms. The summed E-state index contributed by atoms with van der Waals surface area (Å²) >= 11 is 0. The molecule has 3 aromatic carbocycles. The van der Waals surface area contributed by atoms with Gasteiger partial charge in [-0.15, -0.1) is 0 Å². The summed E-state index contributed by atoms with van der Waals surface area (Å²) in [6.07, 6.45) is 0.336. The van der Waals surface area contributed by atoms with Gasteiger partial charge in [-0.05, 0) is 34.7 Å². The number of para-hydroxylation sites is 2. The second-order valence-electron chi connectivity index (χ2n) is 9.93. The minimum Gasteiger partial charge on any atom is -0.343 e. The highest BCUT2D eigenvalue weighted by Crippen LogP contribution is 2.27. The largest absolute Gasteiger partial charge is 0.343 e. The van der Waals surface area contributed by atoms with E-state index in [4.69, 9.17) is 0 Å². The Bertz CT molecular complexity index is 1380. The van der Waals surface area contributed by atoms with Crippen LogP contribution in [0.4, 0.5) is 4.39 Å². The summed E-state index contributed by atoms with van der Waals surface area (Å²) in [6.45, 7) is 4.17. The third kappa shape index (κ3) is 5.26. The average molecular weight is 499 g/mol. The molecule has 0 bridgehead atoms. The molecule has 1 aromatic heterocycles. The topological polar surface area (TPSA) is 67.2 Å². The van der Waals surface area contributed by atoms with Crippen molar-refractivity contribution in [3.63, 3.8) is 0 Å². The van der Waals surface area contributed by atoms with E-state index in [9.17, 15) is 14.0 Å². The number of hydrogen-bond donors (Lipinski definition) is 1. The van der Waals surface area contributed by atoms with E-state index in [1.54, 1.807) is 10.9 Å². The van der Waals surface area contributed by atoms with Gasteiger partial charge in [-0.25, -0.2) is 9.37 Å². The molecule has 1 N–H and O–H groups in total. The number of amides is 2. The lowest BCUT2D eigenvalue weighted by Gasteiger charge is -2.27. The number of aromatic nitrogens is 2. The SMILES string of the molecule is CC(C)c1ccc([C@@H](NC(=O)[C@@H]2C[C@@H](F)CN2C(=O)Cn2cnc3ccccc32)c2ccccc2)cc1. The van der Waals surface area contributed by atoms with Crippen molar-refractivity contribution in [3.05, 3.63) is 102 Å². The summed E-state index contributed by atoms with van der Waals surface area (Å²) in [5.41, 5.74) is 4.67. The van der Waals surface area contributed by atoms with Gasteiger partial charge in [0.15, 0.2) is 0 Å². The zero-order valence-corrected chi connectivity index (χ0v) is 21.0. The van der Waals surface area contributed by atoms with Crippen LogP contribution in [0, 0.1) is 0 Å². The maximum Gasteiger partial charge on any atom is 0.243 e. The number of benzene rings is 3. The zero-order valence-electron chi connectivity index (χ0n) is 21.0. The molecule has 1 aliphatic rings. The molecular weight excluding hydrogens is 467 g/mol. The molecule has 1 fully saturated rings. The highest BCUT2D eigenvalue weighted by Gasteiger charge is 2.40. The van der Waals surface area contributed by atoms with Crippen LogP contribution in [0.1, 0.15) is 48.9 Å². The molecule has 5 rings (SSSR count). The number of likely N-dealkylation sites (tertiary alicyclic amines) is 1. The summed E-state index contributed by atoms with van der Waals surface area (Å²) in [4.78, 5) is 32.5. The van der Waals surface area contributed by atoms with E-state index in [2.05, 4.69) is 36.3 Å². The Kier molecular flexibility index (Phi) is 7.04. The van der Waals surface area contributed by atoms with Crippen LogP contribution < -0.4 is 5.32 Å². The Morgan fingerprint density at radius 3 is 2.32 bits per heavy atom. The summed E-state index contributed by atoms with van der Waals surface area (Å²) in [5, 5.41) is 3.12. The minimum absolute atomic E-state index is 0.00418. The molecule has 3 atom stereocenters. The second-order valence-corrected chi connectivity index (χ2v) is 9.93. The summed E-state index contributed by atoms with van der Waals surface area (Å²) < 4.78 is 16.3. The minimum atomic E-state index is -1.25. The lowest BCUT2D eigenvalue weighted by molar-refractivity contribution is -0.139. The number of hydrogen-bond acceptors (Lipinski definition) is 3. The first kappa shape index (κ1) is 24.7. The van der Waals surface area contributed by atoms with Gasteiger partial charge in [0.1, 0.15) is 18.8 Å². The fraction of sp³-hybridized carbons (Fsp3) is 0.300. The van der Waals surface area contributed by atoms with E-state index in [0.717, 1.165) is 22.2 Å². The van der Waals surface area contributed by atoms with E-state index >= 15 is 0 Å². The number of carbonyl (C=O) groups excluding carboxylic acids is 2. The molecule has 2 heterocycles. The van der Waals surface area contributed by atoms with Crippen molar-refractivity contribution in [1.29, 1.82) is 0 Å². The maximum absolute atomic E-state index is 14.6. The highest BCUT2D eigenvalue weighted by molar-refractivity contribution is 5.89. The number of imidazole rings is 1. The maximum atomic E-state index is 14.6. The van der Waals surface area contributed by atoms with Gasteiger partial charge in [-0.3, -0.25) is 9.59 Å². The fourth-order valence-corrected chi connectivity index (χ4v) is 5.00. The average Bonchev–Trinajstić information content (AvgIpc) is 3.51. The summed E-state index contributed by atoms with van der Waals surface area (Å²) in [6, 6.07) is 24.1. The van der Waals surface area contributed by atoms with Crippen LogP contribution in [0.15, 0.2) is 85.2 Å². The van der Waals surface area contributed by atoms with Crippen molar-refractivity contribution in [2.75, 3.05) is 6.54 Å². The van der Waals surface area contributed by atoms with E-state index in [1.807, 2.05) is 66.7 Å². The number of rotatable bonds is 7. The number of nitrogens with one attached hydrogen (secondary N) is 1. The molecular formula is C30H31FN4O2. The van der Waals surface area contributed by atoms with E-state index in [-0.39, 0.29) is 31.3 Å². The molecule has 7 heteroatoms. The van der Waals surface area contributed by atoms with Gasteiger partial charge in [0.05, 0.1) is 29.9 Å². The molecule has 2 amide bonds. The highest BCUT2D eigenvalue weighted by atomic mass is 19.1. The van der Waals surface area contributed by atoms with Crippen molar-refractivity contribution in [2.24, 2.45) is 0 Å². The van der Waals surface area contributed by atoms with Crippen molar-refractivity contribution >= 4 is 22.8 Å². The van der Waals surface area contributed by atoms with Gasteiger partial charge in [-0.1, -0.05) is 80.6 Å².